The van der Waals surface area contributed by atoms with Crippen LogP contribution in [0.3, 0.4) is 0 Å². The van der Waals surface area contributed by atoms with Crippen LogP contribution in [0.15, 0.2) is 18.2 Å². The van der Waals surface area contributed by atoms with E-state index >= 15 is 0 Å². The molecule has 1 aromatic rings. The minimum Gasteiger partial charge on any atom is -0.292 e. The fraction of sp³-hybridized carbons (Fsp3) is 0.538. The number of pyridine rings is 1. The topological polar surface area (TPSA) is 71.2 Å². The van der Waals surface area contributed by atoms with Gasteiger partial charge in [0.05, 0.1) is 5.69 Å². The number of carbonyl (C=O) groups excluding carboxylic acids is 1. The summed E-state index contributed by atoms with van der Waals surface area (Å²) in [7, 11) is 0. The standard InChI is InChI=1S/C13H20N4O/c1-13(2)7-4-8-17(13)9-10-5-3-6-11(15-10)12(18)16-14/h3,5-6H,4,7-9,14H2,1-2H3,(H,16,18). The Labute approximate surface area is 107 Å². The Morgan fingerprint density at radius 3 is 2.94 bits per heavy atom. The monoisotopic (exact) mass is 248 g/mol. The van der Waals surface area contributed by atoms with Crippen molar-refractivity contribution >= 4 is 5.91 Å². The van der Waals surface area contributed by atoms with Crippen LogP contribution < -0.4 is 11.3 Å². The molecule has 1 aliphatic heterocycles. The summed E-state index contributed by atoms with van der Waals surface area (Å²) in [6.07, 6.45) is 2.42. The fourth-order valence-corrected chi connectivity index (χ4v) is 2.42. The Morgan fingerprint density at radius 2 is 2.33 bits per heavy atom. The van der Waals surface area contributed by atoms with Crippen molar-refractivity contribution in [1.82, 2.24) is 15.3 Å². The molecule has 1 amide bonds. The van der Waals surface area contributed by atoms with E-state index < -0.39 is 0 Å². The summed E-state index contributed by atoms with van der Waals surface area (Å²) in [5, 5.41) is 0. The van der Waals surface area contributed by atoms with Crippen LogP contribution in [0, 0.1) is 0 Å². The van der Waals surface area contributed by atoms with E-state index in [1.165, 1.54) is 12.8 Å². The zero-order valence-corrected chi connectivity index (χ0v) is 10.9. The lowest BCUT2D eigenvalue weighted by atomic mass is 10.0. The van der Waals surface area contributed by atoms with Crippen LogP contribution >= 0.6 is 0 Å². The highest BCUT2D eigenvalue weighted by atomic mass is 16.2. The number of hydrogen-bond donors (Lipinski definition) is 2. The second kappa shape index (κ2) is 5.04. The van der Waals surface area contributed by atoms with Crippen LogP contribution in [0.5, 0.6) is 0 Å². The van der Waals surface area contributed by atoms with E-state index in [4.69, 9.17) is 5.84 Å². The van der Waals surface area contributed by atoms with E-state index in [0.717, 1.165) is 18.8 Å². The highest BCUT2D eigenvalue weighted by molar-refractivity contribution is 5.91. The van der Waals surface area contributed by atoms with Crippen LogP contribution in [0.2, 0.25) is 0 Å². The summed E-state index contributed by atoms with van der Waals surface area (Å²) in [4.78, 5) is 18.2. The number of rotatable bonds is 3. The first-order valence-electron chi connectivity index (χ1n) is 6.25. The van der Waals surface area contributed by atoms with Crippen molar-refractivity contribution in [3.05, 3.63) is 29.6 Å². The maximum Gasteiger partial charge on any atom is 0.283 e. The molecule has 3 N–H and O–H groups in total. The molecule has 98 valence electrons. The molecule has 0 radical (unpaired) electrons. The quantitative estimate of drug-likeness (QED) is 0.476. The van der Waals surface area contributed by atoms with Gasteiger partial charge in [0, 0.05) is 12.1 Å². The van der Waals surface area contributed by atoms with Gasteiger partial charge in [-0.3, -0.25) is 15.1 Å². The minimum atomic E-state index is -0.350. The van der Waals surface area contributed by atoms with Crippen molar-refractivity contribution in [2.45, 2.75) is 38.8 Å². The Bertz CT molecular complexity index is 444. The van der Waals surface area contributed by atoms with Crippen molar-refractivity contribution < 1.29 is 4.79 Å². The number of nitrogens with zero attached hydrogens (tertiary/aromatic N) is 2. The Kier molecular flexibility index (Phi) is 3.63. The first kappa shape index (κ1) is 13.0. The second-order valence-electron chi connectivity index (χ2n) is 5.33. The first-order valence-corrected chi connectivity index (χ1v) is 6.25. The van der Waals surface area contributed by atoms with E-state index in [1.54, 1.807) is 6.07 Å². The minimum absolute atomic E-state index is 0.216. The molecule has 1 aromatic heterocycles. The molecule has 5 nitrogen and oxygen atoms in total. The zero-order chi connectivity index (χ0) is 13.2. The number of aromatic nitrogens is 1. The SMILES string of the molecule is CC1(C)CCCN1Cc1cccc(C(=O)NN)n1. The third kappa shape index (κ3) is 2.68. The largest absolute Gasteiger partial charge is 0.292 e. The number of nitrogens with one attached hydrogen (secondary N) is 1. The molecular formula is C13H20N4O. The lowest BCUT2D eigenvalue weighted by Crippen LogP contribution is -2.38. The van der Waals surface area contributed by atoms with Crippen LogP contribution in [-0.2, 0) is 6.54 Å². The van der Waals surface area contributed by atoms with Gasteiger partial charge in [0.2, 0.25) is 0 Å². The molecule has 0 atom stereocenters. The van der Waals surface area contributed by atoms with Crippen LogP contribution in [0.4, 0.5) is 0 Å². The Hall–Kier alpha value is -1.46. The predicted octanol–water partition coefficient (Wildman–Crippen LogP) is 1.06. The number of amides is 1. The molecule has 2 heterocycles. The maximum atomic E-state index is 11.4. The molecule has 0 saturated carbocycles. The van der Waals surface area contributed by atoms with Crippen LogP contribution in [0.25, 0.3) is 0 Å². The molecule has 0 unspecified atom stereocenters. The average molecular weight is 248 g/mol. The highest BCUT2D eigenvalue weighted by Gasteiger charge is 2.31. The number of hydrogen-bond acceptors (Lipinski definition) is 4. The smallest absolute Gasteiger partial charge is 0.283 e. The van der Waals surface area contributed by atoms with Gasteiger partial charge >= 0.3 is 0 Å². The number of carbonyl (C=O) groups is 1. The third-order valence-corrected chi connectivity index (χ3v) is 3.60. The zero-order valence-electron chi connectivity index (χ0n) is 10.9. The Balaban J connectivity index is 2.12. The molecule has 0 bridgehead atoms. The van der Waals surface area contributed by atoms with E-state index in [2.05, 4.69) is 29.2 Å². The van der Waals surface area contributed by atoms with Gasteiger partial charge in [-0.25, -0.2) is 10.8 Å². The van der Waals surface area contributed by atoms with Crippen molar-refractivity contribution in [2.24, 2.45) is 5.84 Å². The molecule has 0 aliphatic carbocycles. The lowest BCUT2D eigenvalue weighted by molar-refractivity contribution is 0.0948. The van der Waals surface area contributed by atoms with E-state index in [-0.39, 0.29) is 11.4 Å². The molecular weight excluding hydrogens is 228 g/mol. The van der Waals surface area contributed by atoms with Gasteiger partial charge < -0.3 is 0 Å². The summed E-state index contributed by atoms with van der Waals surface area (Å²) in [6.45, 7) is 6.35. The van der Waals surface area contributed by atoms with E-state index in [9.17, 15) is 4.79 Å². The molecule has 0 spiro atoms. The van der Waals surface area contributed by atoms with Crippen molar-refractivity contribution in [3.63, 3.8) is 0 Å². The van der Waals surface area contributed by atoms with E-state index in [0.29, 0.717) is 5.69 Å². The summed E-state index contributed by atoms with van der Waals surface area (Å²) in [6, 6.07) is 5.46. The molecule has 1 saturated heterocycles. The first-order chi connectivity index (χ1) is 8.53. The number of nitrogen functional groups attached to an aromatic ring is 1. The number of likely N-dealkylation sites (tertiary alicyclic amines) is 1. The third-order valence-electron chi connectivity index (χ3n) is 3.60. The Morgan fingerprint density at radius 1 is 1.56 bits per heavy atom. The fourth-order valence-electron chi connectivity index (χ4n) is 2.42. The average Bonchev–Trinajstić information content (AvgIpc) is 2.68. The van der Waals surface area contributed by atoms with Gasteiger partial charge in [-0.2, -0.15) is 0 Å². The summed E-state index contributed by atoms with van der Waals surface area (Å²) < 4.78 is 0. The molecule has 1 aliphatic rings. The molecule has 2 rings (SSSR count). The predicted molar refractivity (Wildman–Crippen MR) is 69.6 cm³/mol. The van der Waals surface area contributed by atoms with Gasteiger partial charge in [0.15, 0.2) is 0 Å². The molecule has 18 heavy (non-hydrogen) atoms. The molecule has 5 heteroatoms. The summed E-state index contributed by atoms with van der Waals surface area (Å²) in [5.74, 6) is 4.76. The number of hydrazine groups is 1. The summed E-state index contributed by atoms with van der Waals surface area (Å²) >= 11 is 0. The second-order valence-corrected chi connectivity index (χ2v) is 5.33. The molecule has 1 fully saturated rings. The van der Waals surface area contributed by atoms with Gasteiger partial charge in [0.25, 0.3) is 5.91 Å². The normalized spacial score (nSPS) is 18.8. The maximum absolute atomic E-state index is 11.4. The van der Waals surface area contributed by atoms with Gasteiger partial charge in [-0.15, -0.1) is 0 Å². The van der Waals surface area contributed by atoms with Crippen molar-refractivity contribution in [2.75, 3.05) is 6.54 Å². The van der Waals surface area contributed by atoms with E-state index in [1.807, 2.05) is 12.1 Å². The van der Waals surface area contributed by atoms with Gasteiger partial charge in [-0.05, 0) is 45.4 Å². The highest BCUT2D eigenvalue weighted by Crippen LogP contribution is 2.29. The van der Waals surface area contributed by atoms with Gasteiger partial charge in [-0.1, -0.05) is 6.07 Å². The summed E-state index contributed by atoms with van der Waals surface area (Å²) in [5.41, 5.74) is 3.60. The lowest BCUT2D eigenvalue weighted by Gasteiger charge is -2.31. The van der Waals surface area contributed by atoms with Gasteiger partial charge in [0.1, 0.15) is 5.69 Å². The number of nitrogens with two attached hydrogens (primary N) is 1. The molecule has 0 aromatic carbocycles. The van der Waals surface area contributed by atoms with Crippen molar-refractivity contribution in [1.29, 1.82) is 0 Å². The van der Waals surface area contributed by atoms with Crippen molar-refractivity contribution in [3.8, 4) is 0 Å². The van der Waals surface area contributed by atoms with Crippen LogP contribution in [0.1, 0.15) is 42.9 Å². The van der Waals surface area contributed by atoms with Crippen LogP contribution in [-0.4, -0.2) is 27.9 Å².